The zero-order valence-corrected chi connectivity index (χ0v) is 18.5. The Balaban J connectivity index is 1.57. The lowest BCUT2D eigenvalue weighted by molar-refractivity contribution is 0.0697. The summed E-state index contributed by atoms with van der Waals surface area (Å²) < 4.78 is 0. The van der Waals surface area contributed by atoms with Gasteiger partial charge in [0.15, 0.2) is 23.1 Å². The molecule has 0 radical (unpaired) electrons. The predicted octanol–water partition coefficient (Wildman–Crippen LogP) is 4.68. The SMILES string of the molecule is O=C(O)c1ccc2c(c1Nc1cccc3c1C(=O)c1ccccc1C3=O)C(=O)c1ccccc1C2=O. The summed E-state index contributed by atoms with van der Waals surface area (Å²) in [5.74, 6) is -2.98. The number of carboxylic acid groups (broad SMARTS) is 1. The lowest BCUT2D eigenvalue weighted by Gasteiger charge is -2.24. The van der Waals surface area contributed by atoms with Gasteiger partial charge in [-0.3, -0.25) is 19.2 Å². The summed E-state index contributed by atoms with van der Waals surface area (Å²) in [7, 11) is 0. The summed E-state index contributed by atoms with van der Waals surface area (Å²) in [6.07, 6.45) is 0. The van der Waals surface area contributed by atoms with Crippen LogP contribution in [0.5, 0.6) is 0 Å². The molecule has 4 aromatic rings. The Hall–Kier alpha value is -5.17. The molecule has 0 atom stereocenters. The van der Waals surface area contributed by atoms with Gasteiger partial charge in [0.25, 0.3) is 0 Å². The molecular weight excluding hydrogens is 458 g/mol. The van der Waals surface area contributed by atoms with E-state index in [9.17, 15) is 29.1 Å². The third-order valence-electron chi connectivity index (χ3n) is 6.54. The number of carboxylic acids is 1. The number of carbonyl (C=O) groups is 5. The molecule has 0 aliphatic heterocycles. The summed E-state index contributed by atoms with van der Waals surface area (Å²) in [6, 6.07) is 20.0. The van der Waals surface area contributed by atoms with Gasteiger partial charge in [-0.2, -0.15) is 0 Å². The molecule has 172 valence electrons. The smallest absolute Gasteiger partial charge is 0.337 e. The van der Waals surface area contributed by atoms with Gasteiger partial charge < -0.3 is 10.4 Å². The van der Waals surface area contributed by atoms with E-state index in [4.69, 9.17) is 0 Å². The molecule has 0 fully saturated rings. The van der Waals surface area contributed by atoms with Crippen molar-refractivity contribution in [3.8, 4) is 0 Å². The van der Waals surface area contributed by atoms with E-state index in [0.717, 1.165) is 0 Å². The first-order valence-corrected chi connectivity index (χ1v) is 11.1. The van der Waals surface area contributed by atoms with Gasteiger partial charge >= 0.3 is 5.97 Å². The van der Waals surface area contributed by atoms with Crippen LogP contribution in [0.2, 0.25) is 0 Å². The Kier molecular flexibility index (Phi) is 4.56. The van der Waals surface area contributed by atoms with Crippen molar-refractivity contribution in [3.05, 3.63) is 129 Å². The monoisotopic (exact) mass is 473 g/mol. The standard InChI is InChI=1S/C29H15NO6/c31-25-14-6-1-3-8-16(14)27(33)22-18(25)10-5-11-21(22)30-24-20(29(35)36)13-12-19-23(24)28(34)17-9-4-2-7-15(17)26(19)32/h1-13,30H,(H,35,36). The van der Waals surface area contributed by atoms with E-state index in [0.29, 0.717) is 0 Å². The van der Waals surface area contributed by atoms with Crippen molar-refractivity contribution in [2.45, 2.75) is 0 Å². The normalized spacial score (nSPS) is 13.4. The van der Waals surface area contributed by atoms with Crippen molar-refractivity contribution < 1.29 is 29.1 Å². The van der Waals surface area contributed by atoms with Crippen molar-refractivity contribution in [2.75, 3.05) is 5.32 Å². The number of anilines is 2. The molecule has 2 aliphatic carbocycles. The maximum Gasteiger partial charge on any atom is 0.337 e. The Morgan fingerprint density at radius 1 is 0.528 bits per heavy atom. The Morgan fingerprint density at radius 3 is 1.56 bits per heavy atom. The van der Waals surface area contributed by atoms with Crippen LogP contribution in [0, 0.1) is 0 Å². The van der Waals surface area contributed by atoms with Crippen molar-refractivity contribution in [1.29, 1.82) is 0 Å². The maximum atomic E-state index is 13.5. The quantitative estimate of drug-likeness (QED) is 0.383. The molecule has 4 aromatic carbocycles. The summed E-state index contributed by atoms with van der Waals surface area (Å²) in [5.41, 5.74) is 0.927. The van der Waals surface area contributed by atoms with Gasteiger partial charge in [0.05, 0.1) is 28.1 Å². The van der Waals surface area contributed by atoms with Crippen LogP contribution in [-0.4, -0.2) is 34.2 Å². The second-order valence-electron chi connectivity index (χ2n) is 8.48. The topological polar surface area (TPSA) is 118 Å². The number of aromatic carboxylic acids is 1. The third kappa shape index (κ3) is 2.89. The van der Waals surface area contributed by atoms with Crippen LogP contribution >= 0.6 is 0 Å². The lowest BCUT2D eigenvalue weighted by atomic mass is 9.81. The first-order chi connectivity index (χ1) is 17.4. The van der Waals surface area contributed by atoms with Crippen LogP contribution in [0.4, 0.5) is 11.4 Å². The molecule has 0 bridgehead atoms. The van der Waals surface area contributed by atoms with Crippen molar-refractivity contribution in [3.63, 3.8) is 0 Å². The van der Waals surface area contributed by atoms with Crippen LogP contribution in [0.25, 0.3) is 0 Å². The van der Waals surface area contributed by atoms with Gasteiger partial charge in [0, 0.05) is 33.4 Å². The zero-order valence-electron chi connectivity index (χ0n) is 18.5. The fraction of sp³-hybridized carbons (Fsp3) is 0. The van der Waals surface area contributed by atoms with Crippen LogP contribution in [-0.2, 0) is 0 Å². The lowest BCUT2D eigenvalue weighted by Crippen LogP contribution is -2.25. The summed E-state index contributed by atoms with van der Waals surface area (Å²) in [4.78, 5) is 65.4. The van der Waals surface area contributed by atoms with E-state index < -0.39 is 23.3 Å². The number of nitrogens with one attached hydrogen (secondary N) is 1. The van der Waals surface area contributed by atoms with E-state index in [-0.39, 0.29) is 67.2 Å². The largest absolute Gasteiger partial charge is 0.478 e. The molecule has 0 aromatic heterocycles. The second kappa shape index (κ2) is 7.68. The summed E-state index contributed by atoms with van der Waals surface area (Å²) >= 11 is 0. The highest BCUT2D eigenvalue weighted by Gasteiger charge is 2.35. The average Bonchev–Trinajstić information content (AvgIpc) is 2.90. The van der Waals surface area contributed by atoms with E-state index in [2.05, 4.69) is 5.32 Å². The highest BCUT2D eigenvalue weighted by Crippen LogP contribution is 2.38. The van der Waals surface area contributed by atoms with Crippen LogP contribution in [0.3, 0.4) is 0 Å². The minimum atomic E-state index is -1.32. The third-order valence-corrected chi connectivity index (χ3v) is 6.54. The van der Waals surface area contributed by atoms with Crippen molar-refractivity contribution in [1.82, 2.24) is 0 Å². The molecule has 36 heavy (non-hydrogen) atoms. The molecule has 6 rings (SSSR count). The second-order valence-corrected chi connectivity index (χ2v) is 8.48. The summed E-state index contributed by atoms with van der Waals surface area (Å²) in [5, 5.41) is 12.8. The molecule has 0 unspecified atom stereocenters. The maximum absolute atomic E-state index is 13.5. The number of hydrogen-bond acceptors (Lipinski definition) is 6. The number of hydrogen-bond donors (Lipinski definition) is 2. The molecule has 0 heterocycles. The Morgan fingerprint density at radius 2 is 1.00 bits per heavy atom. The molecule has 0 spiro atoms. The number of carbonyl (C=O) groups excluding carboxylic acids is 4. The fourth-order valence-electron chi connectivity index (χ4n) is 4.88. The van der Waals surface area contributed by atoms with Gasteiger partial charge in [-0.25, -0.2) is 4.79 Å². The number of ketones is 4. The number of fused-ring (bicyclic) bond motifs is 4. The first-order valence-electron chi connectivity index (χ1n) is 11.1. The molecular formula is C29H15NO6. The van der Waals surface area contributed by atoms with E-state index in [1.807, 2.05) is 0 Å². The average molecular weight is 473 g/mol. The first kappa shape index (κ1) is 21.4. The van der Waals surface area contributed by atoms with Gasteiger partial charge in [-0.1, -0.05) is 60.7 Å². The number of rotatable bonds is 3. The fourth-order valence-corrected chi connectivity index (χ4v) is 4.88. The molecule has 0 saturated heterocycles. The van der Waals surface area contributed by atoms with Crippen LogP contribution in [0.1, 0.15) is 74.0 Å². The Labute approximate surface area is 204 Å². The van der Waals surface area contributed by atoms with E-state index in [1.165, 1.54) is 30.3 Å². The van der Waals surface area contributed by atoms with Gasteiger partial charge in [0.1, 0.15) is 0 Å². The van der Waals surface area contributed by atoms with Gasteiger partial charge in [-0.15, -0.1) is 0 Å². The number of benzene rings is 4. The van der Waals surface area contributed by atoms with Crippen LogP contribution < -0.4 is 5.32 Å². The predicted molar refractivity (Wildman–Crippen MR) is 130 cm³/mol. The Bertz CT molecular complexity index is 1720. The minimum Gasteiger partial charge on any atom is -0.478 e. The highest BCUT2D eigenvalue weighted by molar-refractivity contribution is 6.32. The van der Waals surface area contributed by atoms with Gasteiger partial charge in [-0.05, 0) is 18.2 Å². The van der Waals surface area contributed by atoms with E-state index >= 15 is 0 Å². The van der Waals surface area contributed by atoms with Crippen molar-refractivity contribution in [2.24, 2.45) is 0 Å². The minimum absolute atomic E-state index is 0.0590. The molecule has 7 heteroatoms. The molecule has 0 amide bonds. The molecule has 2 N–H and O–H groups in total. The van der Waals surface area contributed by atoms with Gasteiger partial charge in [0.2, 0.25) is 0 Å². The highest BCUT2D eigenvalue weighted by atomic mass is 16.4. The van der Waals surface area contributed by atoms with Crippen molar-refractivity contribution >= 4 is 40.5 Å². The zero-order chi connectivity index (χ0) is 25.1. The summed E-state index contributed by atoms with van der Waals surface area (Å²) in [6.45, 7) is 0. The molecule has 2 aliphatic rings. The molecule has 7 nitrogen and oxygen atoms in total. The van der Waals surface area contributed by atoms with Crippen LogP contribution in [0.15, 0.2) is 78.9 Å². The molecule has 0 saturated carbocycles. The van der Waals surface area contributed by atoms with E-state index in [1.54, 1.807) is 48.5 Å².